The molecule has 13 heteroatoms. The summed E-state index contributed by atoms with van der Waals surface area (Å²) in [7, 11) is 0. The summed E-state index contributed by atoms with van der Waals surface area (Å²) in [6.07, 6.45) is -10.7. The van der Waals surface area contributed by atoms with Crippen LogP contribution in [0.4, 0.5) is 0 Å². The van der Waals surface area contributed by atoms with E-state index in [1.54, 1.807) is 0 Å². The molecule has 0 radical (unpaired) electrons. The first kappa shape index (κ1) is 25.7. The van der Waals surface area contributed by atoms with Crippen molar-refractivity contribution in [3.8, 4) is 0 Å². The van der Waals surface area contributed by atoms with Crippen molar-refractivity contribution >= 4 is 0 Å². The Bertz CT molecular complexity index is 560. The van der Waals surface area contributed by atoms with Crippen LogP contribution in [-0.4, -0.2) is 148 Å². The predicted octanol–water partition coefficient (Wildman–Crippen LogP) is -7.32. The van der Waals surface area contributed by atoms with E-state index < -0.39 is 85.8 Å². The van der Waals surface area contributed by atoms with E-state index in [1.807, 2.05) is 0 Å². The maximum Gasteiger partial charge on any atom is 0.118 e. The normalized spacial score (nSPS) is 48.5. The van der Waals surface area contributed by atoms with E-state index in [4.69, 9.17) is 0 Å². The van der Waals surface area contributed by atoms with Gasteiger partial charge in [-0.05, 0) is 12.8 Å². The Morgan fingerprint density at radius 2 is 1.13 bits per heavy atom. The highest BCUT2D eigenvalue weighted by Gasteiger charge is 2.52. The third kappa shape index (κ3) is 4.94. The van der Waals surface area contributed by atoms with Crippen LogP contribution < -0.4 is 10.6 Å². The molecular weight excluding hydrogens is 408 g/mol. The molecule has 0 aromatic carbocycles. The molecule has 2 saturated carbocycles. The molecule has 178 valence electrons. The van der Waals surface area contributed by atoms with Crippen molar-refractivity contribution in [3.63, 3.8) is 0 Å². The lowest BCUT2D eigenvalue weighted by atomic mass is 9.76. The first-order chi connectivity index (χ1) is 13.9. The summed E-state index contributed by atoms with van der Waals surface area (Å²) in [4.78, 5) is 0. The summed E-state index contributed by atoms with van der Waals surface area (Å²) >= 11 is 0. The van der Waals surface area contributed by atoms with Gasteiger partial charge in [0.1, 0.15) is 35.6 Å². The van der Waals surface area contributed by atoms with Crippen LogP contribution in [0.25, 0.3) is 0 Å². The zero-order chi connectivity index (χ0) is 22.9. The van der Waals surface area contributed by atoms with Gasteiger partial charge in [0.2, 0.25) is 0 Å². The molecule has 0 heterocycles. The molecule has 2 aliphatic carbocycles. The number of rotatable bonds is 8. The van der Waals surface area contributed by atoms with Crippen molar-refractivity contribution in [2.45, 2.75) is 78.8 Å². The van der Waals surface area contributed by atoms with Gasteiger partial charge in [-0.1, -0.05) is 0 Å². The quantitative estimate of drug-likeness (QED) is 0.167. The van der Waals surface area contributed by atoms with Crippen LogP contribution in [0, 0.1) is 0 Å². The number of aliphatic hydroxyl groups is 11. The van der Waals surface area contributed by atoms with Gasteiger partial charge in [0, 0.05) is 24.7 Å². The monoisotopic (exact) mass is 442 g/mol. The molecule has 0 saturated heterocycles. The number of nitrogens with one attached hydrogen (secondary N) is 2. The predicted molar refractivity (Wildman–Crippen MR) is 98.9 cm³/mol. The maximum absolute atomic E-state index is 10.3. The van der Waals surface area contributed by atoms with Crippen molar-refractivity contribution in [1.29, 1.82) is 0 Å². The Morgan fingerprint density at radius 3 is 1.57 bits per heavy atom. The summed E-state index contributed by atoms with van der Waals surface area (Å²) in [6, 6.07) is -2.79. The fourth-order valence-corrected chi connectivity index (χ4v) is 4.17. The van der Waals surface area contributed by atoms with Crippen LogP contribution in [0.15, 0.2) is 0 Å². The molecule has 11 unspecified atom stereocenters. The second-order valence-electron chi connectivity index (χ2n) is 8.45. The minimum Gasteiger partial charge on any atom is -0.395 e. The highest BCUT2D eigenvalue weighted by Crippen LogP contribution is 2.31. The van der Waals surface area contributed by atoms with Gasteiger partial charge in [0.15, 0.2) is 0 Å². The van der Waals surface area contributed by atoms with Crippen LogP contribution in [0.5, 0.6) is 0 Å². The number of hydrogen-bond acceptors (Lipinski definition) is 13. The van der Waals surface area contributed by atoms with Gasteiger partial charge in [0.05, 0.1) is 32.0 Å². The maximum atomic E-state index is 10.3. The largest absolute Gasteiger partial charge is 0.395 e. The Hall–Kier alpha value is -0.520. The van der Waals surface area contributed by atoms with Crippen LogP contribution in [0.1, 0.15) is 12.8 Å². The molecule has 13 N–H and O–H groups in total. The van der Waals surface area contributed by atoms with Crippen LogP contribution in [0.3, 0.4) is 0 Å². The van der Waals surface area contributed by atoms with E-state index >= 15 is 0 Å². The summed E-state index contributed by atoms with van der Waals surface area (Å²) in [5.74, 6) is 0. The second-order valence-corrected chi connectivity index (χ2v) is 8.45. The fourth-order valence-electron chi connectivity index (χ4n) is 4.17. The van der Waals surface area contributed by atoms with Crippen molar-refractivity contribution in [3.05, 3.63) is 0 Å². The van der Waals surface area contributed by atoms with Crippen molar-refractivity contribution in [2.24, 2.45) is 0 Å². The van der Waals surface area contributed by atoms with E-state index in [0.29, 0.717) is 0 Å². The van der Waals surface area contributed by atoms with Crippen molar-refractivity contribution in [2.75, 3.05) is 26.4 Å². The lowest BCUT2D eigenvalue weighted by Crippen LogP contribution is -2.69. The molecule has 0 spiro atoms. The molecule has 30 heavy (non-hydrogen) atoms. The molecule has 13 nitrogen and oxygen atoms in total. The SMILES string of the molecule is OCC(CNC1CC(O)(CO)C(O)C(O)C1O)NC1CC(O)(CO)C(O)C(O)C1O. The van der Waals surface area contributed by atoms with E-state index in [0.717, 1.165) is 0 Å². The van der Waals surface area contributed by atoms with E-state index in [9.17, 15) is 56.2 Å². The average molecular weight is 442 g/mol. The molecule has 0 amide bonds. The summed E-state index contributed by atoms with van der Waals surface area (Å²) < 4.78 is 0. The molecule has 0 aliphatic heterocycles. The fraction of sp³-hybridized carbons (Fsp3) is 1.00. The molecule has 2 fully saturated rings. The molecule has 11 atom stereocenters. The molecule has 0 bridgehead atoms. The molecule has 0 aromatic heterocycles. The van der Waals surface area contributed by atoms with Crippen molar-refractivity contribution < 1.29 is 56.2 Å². The summed E-state index contributed by atoms with van der Waals surface area (Å²) in [5.41, 5.74) is -4.11. The lowest BCUT2D eigenvalue weighted by molar-refractivity contribution is -0.208. The highest BCUT2D eigenvalue weighted by atomic mass is 16.4. The minimum absolute atomic E-state index is 0.0814. The van der Waals surface area contributed by atoms with Crippen molar-refractivity contribution in [1.82, 2.24) is 10.6 Å². The lowest BCUT2D eigenvalue weighted by Gasteiger charge is -2.47. The van der Waals surface area contributed by atoms with E-state index in [-0.39, 0.29) is 19.4 Å². The van der Waals surface area contributed by atoms with E-state index in [2.05, 4.69) is 10.6 Å². The Kier molecular flexibility index (Phi) is 8.54. The van der Waals surface area contributed by atoms with E-state index in [1.165, 1.54) is 0 Å². The zero-order valence-electron chi connectivity index (χ0n) is 16.4. The minimum atomic E-state index is -2.07. The topological polar surface area (TPSA) is 247 Å². The van der Waals surface area contributed by atoms with Gasteiger partial charge >= 0.3 is 0 Å². The Balaban J connectivity index is 2.02. The Labute approximate surface area is 172 Å². The third-order valence-corrected chi connectivity index (χ3v) is 6.26. The molecule has 0 aromatic rings. The summed E-state index contributed by atoms with van der Waals surface area (Å²) in [6.45, 7) is -2.30. The smallest absolute Gasteiger partial charge is 0.118 e. The van der Waals surface area contributed by atoms with Crippen LogP contribution >= 0.6 is 0 Å². The first-order valence-electron chi connectivity index (χ1n) is 9.79. The zero-order valence-corrected chi connectivity index (χ0v) is 16.4. The Morgan fingerprint density at radius 1 is 0.700 bits per heavy atom. The van der Waals surface area contributed by atoms with Crippen LogP contribution in [0.2, 0.25) is 0 Å². The van der Waals surface area contributed by atoms with Gasteiger partial charge in [0.25, 0.3) is 0 Å². The second kappa shape index (κ2) is 9.95. The van der Waals surface area contributed by atoms with Gasteiger partial charge in [-0.2, -0.15) is 0 Å². The first-order valence-corrected chi connectivity index (χ1v) is 9.79. The standard InChI is InChI=1S/C17H34N2O11/c20-4-7(19-9-2-17(30,6-22)15(28)13(26)11(9)24)3-18-8-1-16(29,5-21)14(27)12(25)10(8)23/h7-15,18-30H,1-6H2. The number of hydrogen-bond donors (Lipinski definition) is 13. The molecular formula is C17H34N2O11. The third-order valence-electron chi connectivity index (χ3n) is 6.26. The highest BCUT2D eigenvalue weighted by molar-refractivity contribution is 5.06. The summed E-state index contributed by atoms with van der Waals surface area (Å²) in [5, 5.41) is 114. The van der Waals surface area contributed by atoms with Gasteiger partial charge < -0.3 is 66.8 Å². The van der Waals surface area contributed by atoms with Gasteiger partial charge in [-0.3, -0.25) is 0 Å². The van der Waals surface area contributed by atoms with Crippen LogP contribution in [-0.2, 0) is 0 Å². The van der Waals surface area contributed by atoms with Gasteiger partial charge in [-0.25, -0.2) is 0 Å². The average Bonchev–Trinajstić information content (AvgIpc) is 2.74. The number of aliphatic hydroxyl groups excluding tert-OH is 9. The molecule has 2 rings (SSSR count). The van der Waals surface area contributed by atoms with Gasteiger partial charge in [-0.15, -0.1) is 0 Å². The molecule has 2 aliphatic rings.